The van der Waals surface area contributed by atoms with Crippen molar-refractivity contribution in [1.29, 1.82) is 0 Å². The molecule has 5 aromatic carbocycles. The minimum absolute atomic E-state index is 0.945. The van der Waals surface area contributed by atoms with Gasteiger partial charge in [-0.15, -0.1) is 17.5 Å². The Bertz CT molecular complexity index is 1670. The highest BCUT2D eigenvalue weighted by molar-refractivity contribution is 6.96. The van der Waals surface area contributed by atoms with E-state index >= 15 is 0 Å². The molecule has 5 aromatic rings. The van der Waals surface area contributed by atoms with Crippen LogP contribution in [0.2, 0.25) is 26.2 Å². The maximum Gasteiger partial charge on any atom is 0.163 e. The summed E-state index contributed by atoms with van der Waals surface area (Å²) in [5.74, 6) is 9.20. The molecule has 0 aliphatic heterocycles. The highest BCUT2D eigenvalue weighted by atomic mass is 28.3. The van der Waals surface area contributed by atoms with Gasteiger partial charge in [-0.3, -0.25) is 0 Å². The molecular weight excluding hydrogens is 573 g/mol. The Hall–Kier alpha value is -4.79. The van der Waals surface area contributed by atoms with Crippen molar-refractivity contribution in [3.05, 3.63) is 167 Å². The van der Waals surface area contributed by atoms with Crippen molar-refractivity contribution in [1.82, 2.24) is 0 Å². The highest BCUT2D eigenvalue weighted by Gasteiger charge is 2.21. The van der Waals surface area contributed by atoms with E-state index in [1.807, 2.05) is 31.2 Å². The van der Waals surface area contributed by atoms with Crippen molar-refractivity contribution in [2.24, 2.45) is 0 Å². The van der Waals surface area contributed by atoms with Gasteiger partial charge in [-0.1, -0.05) is 158 Å². The van der Waals surface area contributed by atoms with Crippen LogP contribution in [0.5, 0.6) is 0 Å². The van der Waals surface area contributed by atoms with Gasteiger partial charge in [-0.05, 0) is 67.5 Å². The number of hydrogen-bond donors (Lipinski definition) is 0. The summed E-state index contributed by atoms with van der Waals surface area (Å²) in [5, 5.41) is 2.79. The first kappa shape index (κ1) is 34.7. The number of hydrogen-bond acceptors (Lipinski definition) is 0. The van der Waals surface area contributed by atoms with Crippen molar-refractivity contribution >= 4 is 26.5 Å². The second kappa shape index (κ2) is 16.9. The molecule has 224 valence electrons. The fraction of sp³-hybridized carbons (Fsp3) is 0.163. The van der Waals surface area contributed by atoms with E-state index in [0.717, 1.165) is 16.7 Å². The molecule has 0 aromatic heterocycles. The molecule has 0 spiro atoms. The molecule has 0 amide bonds. The molecule has 0 nitrogen and oxygen atoms in total. The maximum atomic E-state index is 5.15. The average Bonchev–Trinajstić information content (AvgIpc) is 3.06. The topological polar surface area (TPSA) is 0 Å². The minimum atomic E-state index is -1.64. The predicted octanol–water partition coefficient (Wildman–Crippen LogP) is 8.98. The van der Waals surface area contributed by atoms with Crippen molar-refractivity contribution in [2.45, 2.75) is 47.0 Å². The summed E-state index contributed by atoms with van der Waals surface area (Å²) in [4.78, 5) is 0. The summed E-state index contributed by atoms with van der Waals surface area (Å²) in [5.41, 5.74) is 14.0. The molecule has 0 aliphatic rings. The van der Waals surface area contributed by atoms with Crippen LogP contribution in [-0.2, 0) is 0 Å². The largest absolute Gasteiger partial charge is 0.163 e. The van der Waals surface area contributed by atoms with E-state index in [9.17, 15) is 0 Å². The van der Waals surface area contributed by atoms with Gasteiger partial charge in [0, 0.05) is 16.7 Å². The quantitative estimate of drug-likeness (QED) is 0.137. The van der Waals surface area contributed by atoms with Gasteiger partial charge in [0.1, 0.15) is 0 Å². The van der Waals surface area contributed by atoms with Crippen LogP contribution in [0.25, 0.3) is 0 Å². The minimum Gasteiger partial charge on any atom is -0.121 e. The second-order valence-electron chi connectivity index (χ2n) is 12.2. The summed E-state index contributed by atoms with van der Waals surface area (Å²) in [6.07, 6.45) is 5.15. The summed E-state index contributed by atoms with van der Waals surface area (Å²) in [7, 11) is -3.27. The smallest absolute Gasteiger partial charge is 0.121 e. The molecule has 0 bridgehead atoms. The third-order valence-electron chi connectivity index (χ3n) is 7.35. The first-order chi connectivity index (χ1) is 21.5. The van der Waals surface area contributed by atoms with E-state index in [4.69, 9.17) is 6.42 Å². The predicted molar refractivity (Wildman–Crippen MR) is 202 cm³/mol. The third-order valence-corrected chi connectivity index (χ3v) is 12.4. The Morgan fingerprint density at radius 2 is 0.689 bits per heavy atom. The van der Waals surface area contributed by atoms with Gasteiger partial charge in [-0.25, -0.2) is 0 Å². The molecule has 0 radical (unpaired) electrons. The van der Waals surface area contributed by atoms with Crippen LogP contribution in [0.15, 0.2) is 133 Å². The molecule has 2 heteroatoms. The molecule has 0 unspecified atom stereocenters. The van der Waals surface area contributed by atoms with Crippen LogP contribution in [0.3, 0.4) is 0 Å². The van der Waals surface area contributed by atoms with Crippen molar-refractivity contribution in [3.8, 4) is 35.3 Å². The normalized spacial score (nSPS) is 10.2. The first-order valence-electron chi connectivity index (χ1n) is 15.3. The van der Waals surface area contributed by atoms with Crippen LogP contribution in [-0.4, -0.2) is 16.1 Å². The van der Waals surface area contributed by atoms with Crippen molar-refractivity contribution in [3.63, 3.8) is 0 Å². The van der Waals surface area contributed by atoms with Gasteiger partial charge in [0.15, 0.2) is 16.1 Å². The highest BCUT2D eigenvalue weighted by Crippen LogP contribution is 2.06. The fourth-order valence-corrected chi connectivity index (χ4v) is 7.49. The van der Waals surface area contributed by atoms with Gasteiger partial charge in [0.05, 0.1) is 0 Å². The fourth-order valence-electron chi connectivity index (χ4n) is 4.23. The second-order valence-corrected chi connectivity index (χ2v) is 20.4. The lowest BCUT2D eigenvalue weighted by atomic mass is 10.2. The lowest BCUT2D eigenvalue weighted by Crippen LogP contribution is -2.39. The zero-order valence-electron chi connectivity index (χ0n) is 27.8. The monoisotopic (exact) mass is 616 g/mol. The van der Waals surface area contributed by atoms with Crippen LogP contribution in [0.1, 0.15) is 33.4 Å². The SMILES string of the molecule is C#Cc1ccc(C)cc1.Cc1ccc(C#C[Si](C)(C)c2ccccc2)cc1.Cc1ccc(C#C[Si](C)(C)c2ccccc2)cc1. The standard InChI is InChI=1S/2C17H18Si.C9H8/c2*1-15-9-11-16(12-10-15)13-14-18(2,3)17-7-5-4-6-8-17;1-3-9-6-4-8(2)5-7-9/h2*4-12H,1-3H3;1,4-7H,2H3. The zero-order valence-corrected chi connectivity index (χ0v) is 29.8. The van der Waals surface area contributed by atoms with Gasteiger partial charge in [-0.2, -0.15) is 0 Å². The Morgan fingerprint density at radius 1 is 0.400 bits per heavy atom. The summed E-state index contributed by atoms with van der Waals surface area (Å²) in [6.45, 7) is 15.4. The molecule has 0 saturated carbocycles. The van der Waals surface area contributed by atoms with Gasteiger partial charge < -0.3 is 0 Å². The molecule has 0 aliphatic carbocycles. The van der Waals surface area contributed by atoms with E-state index in [0.29, 0.717) is 0 Å². The Labute approximate surface area is 274 Å². The molecule has 0 saturated heterocycles. The summed E-state index contributed by atoms with van der Waals surface area (Å²) < 4.78 is 0. The van der Waals surface area contributed by atoms with Gasteiger partial charge in [0.2, 0.25) is 0 Å². The van der Waals surface area contributed by atoms with E-state index in [1.54, 1.807) is 0 Å². The number of rotatable bonds is 2. The van der Waals surface area contributed by atoms with Crippen molar-refractivity contribution < 1.29 is 0 Å². The lowest BCUT2D eigenvalue weighted by molar-refractivity contribution is 1.46. The zero-order chi connectivity index (χ0) is 32.7. The summed E-state index contributed by atoms with van der Waals surface area (Å²) in [6, 6.07) is 46.0. The average molecular weight is 617 g/mol. The van der Waals surface area contributed by atoms with E-state index in [2.05, 4.69) is 178 Å². The Kier molecular flexibility index (Phi) is 13.0. The number of aryl methyl sites for hydroxylation is 3. The van der Waals surface area contributed by atoms with Crippen LogP contribution < -0.4 is 10.4 Å². The maximum absolute atomic E-state index is 5.15. The molecular formula is C43H44Si2. The van der Waals surface area contributed by atoms with Crippen molar-refractivity contribution in [2.75, 3.05) is 0 Å². The Morgan fingerprint density at radius 3 is 0.978 bits per heavy atom. The van der Waals surface area contributed by atoms with Crippen LogP contribution >= 0.6 is 0 Å². The Balaban J connectivity index is 0.000000195. The van der Waals surface area contributed by atoms with E-state index in [-0.39, 0.29) is 0 Å². The summed E-state index contributed by atoms with van der Waals surface area (Å²) >= 11 is 0. The van der Waals surface area contributed by atoms with Gasteiger partial charge >= 0.3 is 0 Å². The van der Waals surface area contributed by atoms with E-state index < -0.39 is 16.1 Å². The third kappa shape index (κ3) is 12.0. The first-order valence-corrected chi connectivity index (χ1v) is 21.3. The number of terminal acetylenes is 1. The molecule has 45 heavy (non-hydrogen) atoms. The number of benzene rings is 5. The van der Waals surface area contributed by atoms with Gasteiger partial charge in [0.25, 0.3) is 0 Å². The molecule has 0 heterocycles. The van der Waals surface area contributed by atoms with E-state index in [1.165, 1.54) is 27.1 Å². The molecule has 0 atom stereocenters. The molecule has 0 N–H and O–H groups in total. The van der Waals surface area contributed by atoms with Crippen LogP contribution in [0.4, 0.5) is 0 Å². The molecule has 5 rings (SSSR count). The molecule has 0 fully saturated rings. The lowest BCUT2D eigenvalue weighted by Gasteiger charge is -2.14. The van der Waals surface area contributed by atoms with Crippen LogP contribution in [0, 0.1) is 56.0 Å².